The SMILES string of the molecule is C=CCn1c(S[C@H](C)C(=O)N(C)CCC#N)nc2sc(C)c(C)c2c1=O. The predicted octanol–water partition coefficient (Wildman–Crippen LogP) is 3.11. The second-order valence-electron chi connectivity index (χ2n) is 5.99. The molecule has 6 nitrogen and oxygen atoms in total. The Hall–Kier alpha value is -2.11. The van der Waals surface area contributed by atoms with Gasteiger partial charge in [0.05, 0.1) is 23.1 Å². The molecule has 26 heavy (non-hydrogen) atoms. The number of thioether (sulfide) groups is 1. The maximum Gasteiger partial charge on any atom is 0.263 e. The van der Waals surface area contributed by atoms with Crippen LogP contribution in [0.4, 0.5) is 0 Å². The van der Waals surface area contributed by atoms with E-state index in [4.69, 9.17) is 5.26 Å². The van der Waals surface area contributed by atoms with E-state index in [0.29, 0.717) is 34.9 Å². The number of hydrogen-bond acceptors (Lipinski definition) is 6. The fourth-order valence-electron chi connectivity index (χ4n) is 2.54. The van der Waals surface area contributed by atoms with E-state index in [1.807, 2.05) is 19.9 Å². The first kappa shape index (κ1) is 20.2. The first-order valence-corrected chi connectivity index (χ1v) is 9.91. The maximum atomic E-state index is 12.9. The second-order valence-corrected chi connectivity index (χ2v) is 8.50. The first-order chi connectivity index (χ1) is 12.3. The van der Waals surface area contributed by atoms with Crippen LogP contribution in [-0.2, 0) is 11.3 Å². The molecule has 0 unspecified atom stereocenters. The lowest BCUT2D eigenvalue weighted by atomic mass is 10.2. The number of hydrogen-bond donors (Lipinski definition) is 0. The zero-order chi connectivity index (χ0) is 19.4. The zero-order valence-corrected chi connectivity index (χ0v) is 17.0. The smallest absolute Gasteiger partial charge is 0.263 e. The van der Waals surface area contributed by atoms with Gasteiger partial charge in [0.2, 0.25) is 5.91 Å². The molecular formula is C18H22N4O2S2. The van der Waals surface area contributed by atoms with Crippen LogP contribution in [0.25, 0.3) is 10.2 Å². The van der Waals surface area contributed by atoms with Crippen LogP contribution < -0.4 is 5.56 Å². The van der Waals surface area contributed by atoms with E-state index in [9.17, 15) is 9.59 Å². The quantitative estimate of drug-likeness (QED) is 0.412. The molecule has 2 aromatic heterocycles. The molecule has 138 valence electrons. The van der Waals surface area contributed by atoms with Gasteiger partial charge >= 0.3 is 0 Å². The summed E-state index contributed by atoms with van der Waals surface area (Å²) < 4.78 is 1.57. The topological polar surface area (TPSA) is 79.0 Å². The second kappa shape index (κ2) is 8.52. The van der Waals surface area contributed by atoms with E-state index >= 15 is 0 Å². The molecule has 1 atom stereocenters. The minimum absolute atomic E-state index is 0.0942. The summed E-state index contributed by atoms with van der Waals surface area (Å²) in [4.78, 5) is 33.4. The number of amides is 1. The molecule has 0 N–H and O–H groups in total. The molecule has 0 radical (unpaired) electrons. The van der Waals surface area contributed by atoms with Crippen LogP contribution in [-0.4, -0.2) is 39.2 Å². The molecule has 0 bridgehead atoms. The highest BCUT2D eigenvalue weighted by atomic mass is 32.2. The Labute approximate surface area is 161 Å². The standard InChI is InChI=1S/C18H22N4O2S2/c1-6-9-22-17(24)14-11(2)12(3)25-15(14)20-18(22)26-13(4)16(23)21(5)10-7-8-19/h6,13H,1,7,9-10H2,2-5H3/t13-/m1/s1. The molecular weight excluding hydrogens is 368 g/mol. The number of nitriles is 1. The molecule has 2 rings (SSSR count). The number of carbonyl (C=O) groups excluding carboxylic acids is 1. The lowest BCUT2D eigenvalue weighted by Crippen LogP contribution is -2.34. The number of allylic oxidation sites excluding steroid dienone is 1. The highest BCUT2D eigenvalue weighted by Gasteiger charge is 2.23. The summed E-state index contributed by atoms with van der Waals surface area (Å²) in [7, 11) is 1.68. The van der Waals surface area contributed by atoms with E-state index in [2.05, 4.69) is 11.6 Å². The molecule has 0 saturated heterocycles. The van der Waals surface area contributed by atoms with Crippen molar-refractivity contribution in [2.45, 2.75) is 44.1 Å². The normalized spacial score (nSPS) is 12.0. The van der Waals surface area contributed by atoms with Crippen molar-refractivity contribution in [2.75, 3.05) is 13.6 Å². The number of carbonyl (C=O) groups is 1. The van der Waals surface area contributed by atoms with Crippen molar-refractivity contribution in [3.63, 3.8) is 0 Å². The molecule has 1 amide bonds. The number of nitrogens with zero attached hydrogens (tertiary/aromatic N) is 4. The minimum Gasteiger partial charge on any atom is -0.344 e. The number of fused-ring (bicyclic) bond motifs is 1. The third-order valence-corrected chi connectivity index (χ3v) is 6.31. The molecule has 0 spiro atoms. The van der Waals surface area contributed by atoms with Crippen LogP contribution in [0.2, 0.25) is 0 Å². The lowest BCUT2D eigenvalue weighted by Gasteiger charge is -2.20. The molecule has 0 aliphatic heterocycles. The van der Waals surface area contributed by atoms with Crippen molar-refractivity contribution in [1.82, 2.24) is 14.5 Å². The molecule has 0 fully saturated rings. The van der Waals surface area contributed by atoms with Gasteiger partial charge < -0.3 is 4.90 Å². The number of thiophene rings is 1. The van der Waals surface area contributed by atoms with Crippen LogP contribution in [0.5, 0.6) is 0 Å². The Bertz CT molecular complexity index is 939. The summed E-state index contributed by atoms with van der Waals surface area (Å²) in [6.07, 6.45) is 1.94. The zero-order valence-electron chi connectivity index (χ0n) is 15.4. The van der Waals surface area contributed by atoms with Crippen LogP contribution in [0.1, 0.15) is 23.8 Å². The van der Waals surface area contributed by atoms with Crippen molar-refractivity contribution >= 4 is 39.2 Å². The first-order valence-electron chi connectivity index (χ1n) is 8.21. The Morgan fingerprint density at radius 3 is 2.85 bits per heavy atom. The van der Waals surface area contributed by atoms with Crippen molar-refractivity contribution < 1.29 is 4.79 Å². The number of aryl methyl sites for hydroxylation is 2. The van der Waals surface area contributed by atoms with Gasteiger partial charge in [-0.3, -0.25) is 14.2 Å². The van der Waals surface area contributed by atoms with Crippen molar-refractivity contribution in [3.8, 4) is 6.07 Å². The summed E-state index contributed by atoms with van der Waals surface area (Å²) in [5, 5.41) is 9.41. The highest BCUT2D eigenvalue weighted by molar-refractivity contribution is 8.00. The monoisotopic (exact) mass is 390 g/mol. The van der Waals surface area contributed by atoms with Crippen LogP contribution in [0.3, 0.4) is 0 Å². The maximum absolute atomic E-state index is 12.9. The fraction of sp³-hybridized carbons (Fsp3) is 0.444. The van der Waals surface area contributed by atoms with E-state index in [1.165, 1.54) is 28.0 Å². The Morgan fingerprint density at radius 1 is 1.54 bits per heavy atom. The largest absolute Gasteiger partial charge is 0.344 e. The van der Waals surface area contributed by atoms with Gasteiger partial charge in [-0.25, -0.2) is 4.98 Å². The Balaban J connectivity index is 2.41. The molecule has 2 heterocycles. The molecule has 8 heteroatoms. The molecule has 0 saturated carbocycles. The van der Waals surface area contributed by atoms with Gasteiger partial charge in [-0.2, -0.15) is 5.26 Å². The molecule has 0 aromatic carbocycles. The van der Waals surface area contributed by atoms with Gasteiger partial charge in [0.15, 0.2) is 5.16 Å². The Morgan fingerprint density at radius 2 is 2.23 bits per heavy atom. The van der Waals surface area contributed by atoms with E-state index in [1.54, 1.807) is 24.6 Å². The summed E-state index contributed by atoms with van der Waals surface area (Å²) in [6, 6.07) is 2.03. The van der Waals surface area contributed by atoms with Crippen LogP contribution in [0.15, 0.2) is 22.6 Å². The van der Waals surface area contributed by atoms with Gasteiger partial charge in [-0.05, 0) is 26.3 Å². The summed E-state index contributed by atoms with van der Waals surface area (Å²) >= 11 is 2.75. The highest BCUT2D eigenvalue weighted by Crippen LogP contribution is 2.30. The van der Waals surface area contributed by atoms with Gasteiger partial charge in [-0.1, -0.05) is 17.8 Å². The van der Waals surface area contributed by atoms with Crippen molar-refractivity contribution in [2.24, 2.45) is 0 Å². The number of aromatic nitrogens is 2. The summed E-state index contributed by atoms with van der Waals surface area (Å²) in [6.45, 7) is 10.1. The third kappa shape index (κ3) is 4.00. The average Bonchev–Trinajstić information content (AvgIpc) is 2.89. The van der Waals surface area contributed by atoms with Gasteiger partial charge in [0, 0.05) is 25.0 Å². The van der Waals surface area contributed by atoms with Crippen molar-refractivity contribution in [3.05, 3.63) is 33.4 Å². The van der Waals surface area contributed by atoms with Gasteiger partial charge in [-0.15, -0.1) is 17.9 Å². The van der Waals surface area contributed by atoms with Crippen LogP contribution in [0, 0.1) is 25.2 Å². The minimum atomic E-state index is -0.415. The van der Waals surface area contributed by atoms with E-state index in [-0.39, 0.29) is 11.5 Å². The van der Waals surface area contributed by atoms with Crippen LogP contribution >= 0.6 is 23.1 Å². The fourth-order valence-corrected chi connectivity index (χ4v) is 4.64. The third-order valence-electron chi connectivity index (χ3n) is 4.13. The molecule has 2 aromatic rings. The van der Waals surface area contributed by atoms with Gasteiger partial charge in [0.1, 0.15) is 4.83 Å². The number of rotatable bonds is 7. The van der Waals surface area contributed by atoms with Gasteiger partial charge in [0.25, 0.3) is 5.56 Å². The van der Waals surface area contributed by atoms with E-state index in [0.717, 1.165) is 10.4 Å². The predicted molar refractivity (Wildman–Crippen MR) is 107 cm³/mol. The summed E-state index contributed by atoms with van der Waals surface area (Å²) in [5.41, 5.74) is 0.856. The lowest BCUT2D eigenvalue weighted by molar-refractivity contribution is -0.128. The average molecular weight is 391 g/mol. The van der Waals surface area contributed by atoms with Crippen molar-refractivity contribution in [1.29, 1.82) is 5.26 Å². The summed E-state index contributed by atoms with van der Waals surface area (Å²) in [5.74, 6) is -0.0942. The molecule has 0 aliphatic carbocycles. The van der Waals surface area contributed by atoms with E-state index < -0.39 is 5.25 Å². The molecule has 0 aliphatic rings. The Kier molecular flexibility index (Phi) is 6.62.